The number of pyridine rings is 1. The summed E-state index contributed by atoms with van der Waals surface area (Å²) in [7, 11) is 0. The average molecular weight is 280 g/mol. The van der Waals surface area contributed by atoms with E-state index in [0.717, 1.165) is 23.4 Å². The molecule has 0 atom stereocenters. The molecule has 14 heavy (non-hydrogen) atoms. The Labute approximate surface area is 96.9 Å². The second-order valence-electron chi connectivity index (χ2n) is 2.62. The van der Waals surface area contributed by atoms with Crippen molar-refractivity contribution in [2.45, 2.75) is 6.92 Å². The lowest BCUT2D eigenvalue weighted by Crippen LogP contribution is -2.09. The number of hydrogen-bond acceptors (Lipinski definition) is 3. The van der Waals surface area contributed by atoms with Gasteiger partial charge < -0.3 is 10.1 Å². The SMILES string of the molecule is CCOCCNc1cc(Cl)nc(Br)c1. The molecule has 0 aliphatic heterocycles. The third-order valence-electron chi connectivity index (χ3n) is 1.54. The molecule has 1 heterocycles. The van der Waals surface area contributed by atoms with Crippen LogP contribution in [0.5, 0.6) is 0 Å². The molecule has 0 amide bonds. The lowest BCUT2D eigenvalue weighted by Gasteiger charge is -2.06. The highest BCUT2D eigenvalue weighted by atomic mass is 79.9. The molecule has 0 saturated carbocycles. The van der Waals surface area contributed by atoms with Gasteiger partial charge in [-0.2, -0.15) is 0 Å². The van der Waals surface area contributed by atoms with E-state index >= 15 is 0 Å². The van der Waals surface area contributed by atoms with Crippen molar-refractivity contribution in [1.82, 2.24) is 4.98 Å². The van der Waals surface area contributed by atoms with E-state index in [1.54, 1.807) is 6.07 Å². The summed E-state index contributed by atoms with van der Waals surface area (Å²) in [6, 6.07) is 3.65. The van der Waals surface area contributed by atoms with E-state index in [0.29, 0.717) is 11.8 Å². The van der Waals surface area contributed by atoms with Crippen LogP contribution in [0.3, 0.4) is 0 Å². The van der Waals surface area contributed by atoms with Gasteiger partial charge in [0.05, 0.1) is 6.61 Å². The first-order chi connectivity index (χ1) is 6.72. The number of aromatic nitrogens is 1. The van der Waals surface area contributed by atoms with Gasteiger partial charge in [-0.1, -0.05) is 11.6 Å². The number of rotatable bonds is 5. The van der Waals surface area contributed by atoms with Crippen molar-refractivity contribution in [1.29, 1.82) is 0 Å². The van der Waals surface area contributed by atoms with Gasteiger partial charge in [0, 0.05) is 18.8 Å². The summed E-state index contributed by atoms with van der Waals surface area (Å²) in [5.74, 6) is 0. The fourth-order valence-electron chi connectivity index (χ4n) is 0.979. The Bertz CT molecular complexity index is 276. The van der Waals surface area contributed by atoms with Crippen LogP contribution in [0.15, 0.2) is 16.7 Å². The maximum absolute atomic E-state index is 5.78. The molecule has 0 radical (unpaired) electrons. The number of hydrogen-bond donors (Lipinski definition) is 1. The zero-order valence-electron chi connectivity index (χ0n) is 7.89. The molecule has 0 unspecified atom stereocenters. The molecule has 1 N–H and O–H groups in total. The predicted molar refractivity (Wildman–Crippen MR) is 61.9 cm³/mol. The highest BCUT2D eigenvalue weighted by Crippen LogP contribution is 2.18. The first kappa shape index (κ1) is 11.8. The van der Waals surface area contributed by atoms with Crippen molar-refractivity contribution in [2.24, 2.45) is 0 Å². The summed E-state index contributed by atoms with van der Waals surface area (Å²) in [6.45, 7) is 4.16. The first-order valence-electron chi connectivity index (χ1n) is 4.37. The number of nitrogens with one attached hydrogen (secondary N) is 1. The lowest BCUT2D eigenvalue weighted by atomic mass is 10.4. The summed E-state index contributed by atoms with van der Waals surface area (Å²) >= 11 is 9.05. The standard InChI is InChI=1S/C9H12BrClN2O/c1-2-14-4-3-12-7-5-8(10)13-9(11)6-7/h5-6H,2-4H2,1H3,(H,12,13). The predicted octanol–water partition coefficient (Wildman–Crippen LogP) is 2.95. The minimum atomic E-state index is 0.471. The van der Waals surface area contributed by atoms with Crippen LogP contribution in [0, 0.1) is 0 Å². The van der Waals surface area contributed by atoms with E-state index in [1.165, 1.54) is 0 Å². The van der Waals surface area contributed by atoms with Crippen LogP contribution in [0.4, 0.5) is 5.69 Å². The molecule has 1 aromatic heterocycles. The quantitative estimate of drug-likeness (QED) is 0.665. The van der Waals surface area contributed by atoms with Gasteiger partial charge in [0.25, 0.3) is 0 Å². The summed E-state index contributed by atoms with van der Waals surface area (Å²) in [4.78, 5) is 3.99. The van der Waals surface area contributed by atoms with Crippen molar-refractivity contribution < 1.29 is 4.74 Å². The van der Waals surface area contributed by atoms with Crippen LogP contribution in [0.1, 0.15) is 6.92 Å². The zero-order chi connectivity index (χ0) is 10.4. The molecule has 0 fully saturated rings. The average Bonchev–Trinajstić information content (AvgIpc) is 2.11. The van der Waals surface area contributed by atoms with Gasteiger partial charge in [-0.15, -0.1) is 0 Å². The second-order valence-corrected chi connectivity index (χ2v) is 3.82. The fourth-order valence-corrected chi connectivity index (χ4v) is 1.73. The zero-order valence-corrected chi connectivity index (χ0v) is 10.2. The summed E-state index contributed by atoms with van der Waals surface area (Å²) in [6.07, 6.45) is 0. The molecule has 0 bridgehead atoms. The van der Waals surface area contributed by atoms with Crippen LogP contribution in [-0.2, 0) is 4.74 Å². The van der Waals surface area contributed by atoms with Crippen LogP contribution in [0.2, 0.25) is 5.15 Å². The van der Waals surface area contributed by atoms with Crippen LogP contribution in [-0.4, -0.2) is 24.7 Å². The largest absolute Gasteiger partial charge is 0.383 e. The fraction of sp³-hybridized carbons (Fsp3) is 0.444. The van der Waals surface area contributed by atoms with Gasteiger partial charge in [-0.3, -0.25) is 0 Å². The van der Waals surface area contributed by atoms with Crippen LogP contribution >= 0.6 is 27.5 Å². The smallest absolute Gasteiger partial charge is 0.132 e. The van der Waals surface area contributed by atoms with Crippen molar-refractivity contribution in [3.05, 3.63) is 21.9 Å². The normalized spacial score (nSPS) is 10.2. The summed E-state index contributed by atoms with van der Waals surface area (Å²) in [5, 5.41) is 3.65. The van der Waals surface area contributed by atoms with Gasteiger partial charge >= 0.3 is 0 Å². The third kappa shape index (κ3) is 4.26. The Morgan fingerprint density at radius 3 is 3.00 bits per heavy atom. The number of halogens is 2. The molecule has 0 aliphatic carbocycles. The summed E-state index contributed by atoms with van der Waals surface area (Å²) in [5.41, 5.74) is 0.941. The number of ether oxygens (including phenoxy) is 1. The Morgan fingerprint density at radius 2 is 2.36 bits per heavy atom. The first-order valence-corrected chi connectivity index (χ1v) is 5.54. The Balaban J connectivity index is 2.42. The molecule has 0 aromatic carbocycles. The Morgan fingerprint density at radius 1 is 1.57 bits per heavy atom. The van der Waals surface area contributed by atoms with E-state index in [2.05, 4.69) is 26.2 Å². The molecular formula is C9H12BrClN2O. The van der Waals surface area contributed by atoms with E-state index < -0.39 is 0 Å². The molecule has 0 aliphatic rings. The Kier molecular flexibility index (Phi) is 5.22. The third-order valence-corrected chi connectivity index (χ3v) is 2.14. The van der Waals surface area contributed by atoms with E-state index in [-0.39, 0.29) is 0 Å². The second kappa shape index (κ2) is 6.22. The van der Waals surface area contributed by atoms with Gasteiger partial charge in [0.2, 0.25) is 0 Å². The van der Waals surface area contributed by atoms with Gasteiger partial charge in [-0.25, -0.2) is 4.98 Å². The van der Waals surface area contributed by atoms with Crippen molar-refractivity contribution in [2.75, 3.05) is 25.1 Å². The van der Waals surface area contributed by atoms with E-state index in [9.17, 15) is 0 Å². The molecule has 0 spiro atoms. The van der Waals surface area contributed by atoms with Gasteiger partial charge in [-0.05, 0) is 35.0 Å². The van der Waals surface area contributed by atoms with Crippen molar-refractivity contribution in [3.63, 3.8) is 0 Å². The van der Waals surface area contributed by atoms with Crippen LogP contribution in [0.25, 0.3) is 0 Å². The number of nitrogens with zero attached hydrogens (tertiary/aromatic N) is 1. The van der Waals surface area contributed by atoms with E-state index in [1.807, 2.05) is 13.0 Å². The monoisotopic (exact) mass is 278 g/mol. The van der Waals surface area contributed by atoms with Crippen molar-refractivity contribution in [3.8, 4) is 0 Å². The number of anilines is 1. The molecule has 1 rings (SSSR count). The highest BCUT2D eigenvalue weighted by Gasteiger charge is 1.97. The maximum atomic E-state index is 5.78. The molecule has 78 valence electrons. The molecule has 1 aromatic rings. The summed E-state index contributed by atoms with van der Waals surface area (Å²) < 4.78 is 5.92. The highest BCUT2D eigenvalue weighted by molar-refractivity contribution is 9.10. The maximum Gasteiger partial charge on any atom is 0.132 e. The lowest BCUT2D eigenvalue weighted by molar-refractivity contribution is 0.158. The molecule has 5 heteroatoms. The van der Waals surface area contributed by atoms with Crippen molar-refractivity contribution >= 4 is 33.2 Å². The Hall–Kier alpha value is -0.320. The minimum absolute atomic E-state index is 0.471. The molecule has 3 nitrogen and oxygen atoms in total. The molecular weight excluding hydrogens is 267 g/mol. The van der Waals surface area contributed by atoms with E-state index in [4.69, 9.17) is 16.3 Å². The van der Waals surface area contributed by atoms with Gasteiger partial charge in [0.15, 0.2) is 0 Å². The topological polar surface area (TPSA) is 34.1 Å². The van der Waals surface area contributed by atoms with Gasteiger partial charge in [0.1, 0.15) is 9.76 Å². The molecule has 0 saturated heterocycles. The van der Waals surface area contributed by atoms with Crippen LogP contribution < -0.4 is 5.32 Å². The minimum Gasteiger partial charge on any atom is -0.383 e.